The Morgan fingerprint density at radius 2 is 1.85 bits per heavy atom. The second kappa shape index (κ2) is 8.61. The fourth-order valence-corrected chi connectivity index (χ4v) is 2.41. The van der Waals surface area contributed by atoms with Crippen molar-refractivity contribution in [1.82, 2.24) is 0 Å². The molecule has 0 aromatic heterocycles. The van der Waals surface area contributed by atoms with Crippen LogP contribution in [0.1, 0.15) is 10.4 Å². The van der Waals surface area contributed by atoms with Crippen LogP contribution in [0.15, 0.2) is 35.2 Å². The number of rotatable bonds is 6. The molecule has 2 aromatic rings. The van der Waals surface area contributed by atoms with Crippen LogP contribution in [0.5, 0.6) is 5.75 Å². The molecule has 2 rings (SSSR count). The molecule has 0 saturated carbocycles. The Balaban J connectivity index is 2.01. The summed E-state index contributed by atoms with van der Waals surface area (Å²) in [6.07, 6.45) is 1.86. The van der Waals surface area contributed by atoms with E-state index in [4.69, 9.17) is 9.47 Å². The van der Waals surface area contributed by atoms with Gasteiger partial charge in [-0.25, -0.2) is 18.0 Å². The van der Waals surface area contributed by atoms with Gasteiger partial charge < -0.3 is 14.8 Å². The molecule has 0 aliphatic carbocycles. The van der Waals surface area contributed by atoms with Crippen molar-refractivity contribution in [3.8, 4) is 5.75 Å². The van der Waals surface area contributed by atoms with E-state index in [-0.39, 0.29) is 11.3 Å². The molecule has 1 N–H and O–H groups in total. The van der Waals surface area contributed by atoms with Crippen molar-refractivity contribution < 1.29 is 32.2 Å². The average Bonchev–Trinajstić information content (AvgIpc) is 2.65. The largest absolute Gasteiger partial charge is 0.496 e. The third-order valence-corrected chi connectivity index (χ3v) is 4.00. The number of hydrogen-bond acceptors (Lipinski definition) is 5. The number of benzene rings is 2. The van der Waals surface area contributed by atoms with Gasteiger partial charge in [-0.2, -0.15) is 0 Å². The van der Waals surface area contributed by atoms with E-state index in [9.17, 15) is 22.8 Å². The Labute approximate surface area is 151 Å². The number of nitrogens with one attached hydrogen (secondary N) is 1. The summed E-state index contributed by atoms with van der Waals surface area (Å²) in [5.41, 5.74) is -0.455. The molecule has 0 radical (unpaired) electrons. The van der Waals surface area contributed by atoms with Gasteiger partial charge >= 0.3 is 5.97 Å². The van der Waals surface area contributed by atoms with Crippen LogP contribution in [0.4, 0.5) is 18.9 Å². The van der Waals surface area contributed by atoms with E-state index in [0.29, 0.717) is 6.07 Å². The van der Waals surface area contributed by atoms with Crippen LogP contribution in [0.3, 0.4) is 0 Å². The fraction of sp³-hybridized carbons (Fsp3) is 0.176. The lowest BCUT2D eigenvalue weighted by Crippen LogP contribution is -2.22. The molecule has 0 bridgehead atoms. The van der Waals surface area contributed by atoms with Crippen LogP contribution in [-0.2, 0) is 9.53 Å². The van der Waals surface area contributed by atoms with Gasteiger partial charge in [-0.1, -0.05) is 0 Å². The summed E-state index contributed by atoms with van der Waals surface area (Å²) >= 11 is 1.45. The van der Waals surface area contributed by atoms with Crippen molar-refractivity contribution >= 4 is 29.3 Å². The number of thioether (sulfide) groups is 1. The van der Waals surface area contributed by atoms with E-state index in [1.54, 1.807) is 12.1 Å². The van der Waals surface area contributed by atoms with Gasteiger partial charge in [0, 0.05) is 4.90 Å². The Kier molecular flexibility index (Phi) is 6.51. The molecular weight excluding hydrogens is 371 g/mol. The summed E-state index contributed by atoms with van der Waals surface area (Å²) in [5, 5.41) is 2.00. The summed E-state index contributed by atoms with van der Waals surface area (Å²) in [4.78, 5) is 24.7. The zero-order valence-corrected chi connectivity index (χ0v) is 14.6. The minimum Gasteiger partial charge on any atom is -0.496 e. The average molecular weight is 385 g/mol. The Bertz CT molecular complexity index is 845. The van der Waals surface area contributed by atoms with E-state index in [1.165, 1.54) is 24.9 Å². The summed E-state index contributed by atoms with van der Waals surface area (Å²) in [6, 6.07) is 6.33. The van der Waals surface area contributed by atoms with Crippen molar-refractivity contribution in [2.24, 2.45) is 0 Å². The third kappa shape index (κ3) is 4.48. The zero-order chi connectivity index (χ0) is 19.3. The number of esters is 1. The predicted octanol–water partition coefficient (Wildman–Crippen LogP) is 3.63. The van der Waals surface area contributed by atoms with Gasteiger partial charge in [-0.3, -0.25) is 4.79 Å². The standard InChI is InChI=1S/C17H14F3NO4S/c1-24-13-7-9(26-2)3-4-10(13)17(23)25-8-14(22)21-12-6-5-11(18)15(19)16(12)20/h3-7H,8H2,1-2H3,(H,21,22). The number of methoxy groups -OCH3 is 1. The molecule has 0 saturated heterocycles. The molecule has 5 nitrogen and oxygen atoms in total. The van der Waals surface area contributed by atoms with Crippen LogP contribution in [0, 0.1) is 17.5 Å². The Morgan fingerprint density at radius 1 is 1.12 bits per heavy atom. The maximum absolute atomic E-state index is 13.5. The number of carbonyl (C=O) groups is 2. The highest BCUT2D eigenvalue weighted by Gasteiger charge is 2.18. The van der Waals surface area contributed by atoms with Crippen LogP contribution in [0.25, 0.3) is 0 Å². The summed E-state index contributed by atoms with van der Waals surface area (Å²) in [7, 11) is 1.38. The molecule has 0 atom stereocenters. The zero-order valence-electron chi connectivity index (χ0n) is 13.8. The topological polar surface area (TPSA) is 64.6 Å². The molecule has 0 heterocycles. The van der Waals surface area contributed by atoms with Gasteiger partial charge in [0.05, 0.1) is 12.8 Å². The summed E-state index contributed by atoms with van der Waals surface area (Å²) < 4.78 is 49.4. The highest BCUT2D eigenvalue weighted by Crippen LogP contribution is 2.26. The number of halogens is 3. The first kappa shape index (κ1) is 19.6. The number of ether oxygens (including phenoxy) is 2. The van der Waals surface area contributed by atoms with Gasteiger partial charge in [0.15, 0.2) is 24.1 Å². The smallest absolute Gasteiger partial charge is 0.342 e. The molecule has 9 heteroatoms. The van der Waals surface area contributed by atoms with E-state index < -0.39 is 41.6 Å². The van der Waals surface area contributed by atoms with Crippen molar-refractivity contribution in [3.63, 3.8) is 0 Å². The first-order valence-corrected chi connectivity index (χ1v) is 8.42. The lowest BCUT2D eigenvalue weighted by molar-refractivity contribution is -0.119. The molecule has 0 aliphatic rings. The van der Waals surface area contributed by atoms with Gasteiger partial charge in [0.2, 0.25) is 0 Å². The Morgan fingerprint density at radius 3 is 2.50 bits per heavy atom. The lowest BCUT2D eigenvalue weighted by Gasteiger charge is -2.11. The second-order valence-corrected chi connectivity index (χ2v) is 5.79. The molecule has 0 unspecified atom stereocenters. The van der Waals surface area contributed by atoms with Crippen LogP contribution >= 0.6 is 11.8 Å². The Hall–Kier alpha value is -2.68. The quantitative estimate of drug-likeness (QED) is 0.467. The van der Waals surface area contributed by atoms with Crippen molar-refractivity contribution in [3.05, 3.63) is 53.3 Å². The van der Waals surface area contributed by atoms with Crippen molar-refractivity contribution in [1.29, 1.82) is 0 Å². The molecule has 2 aromatic carbocycles. The molecule has 26 heavy (non-hydrogen) atoms. The van der Waals surface area contributed by atoms with Gasteiger partial charge in [-0.05, 0) is 36.6 Å². The number of anilines is 1. The van der Waals surface area contributed by atoms with Crippen molar-refractivity contribution in [2.45, 2.75) is 4.90 Å². The molecule has 0 spiro atoms. The maximum Gasteiger partial charge on any atom is 0.342 e. The minimum absolute atomic E-state index is 0.108. The van der Waals surface area contributed by atoms with Crippen LogP contribution in [0.2, 0.25) is 0 Å². The molecular formula is C17H14F3NO4S. The van der Waals surface area contributed by atoms with E-state index in [0.717, 1.165) is 11.0 Å². The highest BCUT2D eigenvalue weighted by molar-refractivity contribution is 7.98. The van der Waals surface area contributed by atoms with E-state index in [2.05, 4.69) is 0 Å². The first-order chi connectivity index (χ1) is 12.4. The third-order valence-electron chi connectivity index (χ3n) is 3.27. The summed E-state index contributed by atoms with van der Waals surface area (Å²) in [5.74, 6) is -6.10. The lowest BCUT2D eigenvalue weighted by atomic mass is 10.2. The highest BCUT2D eigenvalue weighted by atomic mass is 32.2. The van der Waals surface area contributed by atoms with Crippen molar-refractivity contribution in [2.75, 3.05) is 25.3 Å². The van der Waals surface area contributed by atoms with Gasteiger partial charge in [-0.15, -0.1) is 11.8 Å². The monoisotopic (exact) mass is 385 g/mol. The van der Waals surface area contributed by atoms with Crippen LogP contribution < -0.4 is 10.1 Å². The number of carbonyl (C=O) groups excluding carboxylic acids is 2. The molecule has 0 aliphatic heterocycles. The first-order valence-electron chi connectivity index (χ1n) is 7.20. The number of hydrogen-bond donors (Lipinski definition) is 1. The van der Waals surface area contributed by atoms with Gasteiger partial charge in [0.25, 0.3) is 5.91 Å². The summed E-state index contributed by atoms with van der Waals surface area (Å²) in [6.45, 7) is -0.745. The van der Waals surface area contributed by atoms with E-state index in [1.807, 2.05) is 11.6 Å². The van der Waals surface area contributed by atoms with E-state index >= 15 is 0 Å². The fourth-order valence-electron chi connectivity index (χ4n) is 1.98. The minimum atomic E-state index is -1.71. The number of amides is 1. The maximum atomic E-state index is 13.5. The molecule has 0 fully saturated rings. The SMILES string of the molecule is COc1cc(SC)ccc1C(=O)OCC(=O)Nc1ccc(F)c(F)c1F. The van der Waals surface area contributed by atoms with Crippen LogP contribution in [-0.4, -0.2) is 31.8 Å². The predicted molar refractivity (Wildman–Crippen MR) is 90.0 cm³/mol. The molecule has 1 amide bonds. The molecule has 138 valence electrons. The normalized spacial score (nSPS) is 10.3. The van der Waals surface area contributed by atoms with Gasteiger partial charge in [0.1, 0.15) is 11.3 Å². The second-order valence-electron chi connectivity index (χ2n) is 4.91.